The van der Waals surface area contributed by atoms with E-state index in [1.165, 1.54) is 0 Å². The molecule has 4 N–H and O–H groups in total. The molecule has 2 aromatic rings. The third-order valence-electron chi connectivity index (χ3n) is 2.52. The van der Waals surface area contributed by atoms with Gasteiger partial charge >= 0.3 is 0 Å². The molecule has 2 rings (SSSR count). The van der Waals surface area contributed by atoms with Crippen LogP contribution in [0.4, 0.5) is 17.3 Å². The lowest BCUT2D eigenvalue weighted by Gasteiger charge is -2.11. The highest BCUT2D eigenvalue weighted by Crippen LogP contribution is 2.21. The number of aromatic nitrogens is 2. The second-order valence-corrected chi connectivity index (χ2v) is 5.34. The molecule has 5 nitrogen and oxygen atoms in total. The molecule has 0 radical (unpaired) electrons. The number of benzene rings is 1. The second kappa shape index (κ2) is 5.99. The molecule has 0 aliphatic carbocycles. The second-order valence-electron chi connectivity index (χ2n) is 4.43. The summed E-state index contributed by atoms with van der Waals surface area (Å²) in [6.45, 7) is 4.08. The molecule has 0 saturated carbocycles. The van der Waals surface area contributed by atoms with E-state index in [2.05, 4.69) is 36.6 Å². The number of nitrogens with zero attached hydrogens (tertiary/aromatic N) is 2. The molecular formula is C13H16BrN5. The van der Waals surface area contributed by atoms with Crippen LogP contribution in [0.25, 0.3) is 0 Å². The minimum atomic E-state index is 0.235. The summed E-state index contributed by atoms with van der Waals surface area (Å²) in [5, 5.41) is 3.23. The number of nitrogens with two attached hydrogens (primary N) is 1. The Labute approximate surface area is 120 Å². The van der Waals surface area contributed by atoms with Crippen molar-refractivity contribution in [2.24, 2.45) is 5.84 Å². The summed E-state index contributed by atoms with van der Waals surface area (Å²) in [6.07, 6.45) is 0. The molecule has 0 aliphatic heterocycles. The first-order valence-electron chi connectivity index (χ1n) is 5.96. The van der Waals surface area contributed by atoms with Crippen molar-refractivity contribution in [3.63, 3.8) is 0 Å². The van der Waals surface area contributed by atoms with Crippen LogP contribution in [0.2, 0.25) is 0 Å². The lowest BCUT2D eigenvalue weighted by molar-refractivity contribution is 0.777. The van der Waals surface area contributed by atoms with Crippen molar-refractivity contribution in [1.29, 1.82) is 0 Å². The van der Waals surface area contributed by atoms with Gasteiger partial charge in [0.05, 0.1) is 0 Å². The smallest absolute Gasteiger partial charge is 0.145 e. The standard InChI is InChI=1S/C13H16BrN5/c1-8(2)13-17-11(7-12(18-13)19-15)16-10-5-3-9(14)4-6-10/h3-8H,15H2,1-2H3,(H2,16,17,18,19). The Morgan fingerprint density at radius 3 is 2.32 bits per heavy atom. The summed E-state index contributed by atoms with van der Waals surface area (Å²) >= 11 is 3.40. The molecule has 0 atom stereocenters. The van der Waals surface area contributed by atoms with Gasteiger partial charge in [0.2, 0.25) is 0 Å². The Morgan fingerprint density at radius 2 is 1.74 bits per heavy atom. The summed E-state index contributed by atoms with van der Waals surface area (Å²) in [5.41, 5.74) is 3.52. The number of hydrogen-bond donors (Lipinski definition) is 3. The number of hydrogen-bond acceptors (Lipinski definition) is 5. The predicted octanol–water partition coefficient (Wildman–Crippen LogP) is 3.39. The number of rotatable bonds is 4. The third-order valence-corrected chi connectivity index (χ3v) is 3.05. The van der Waals surface area contributed by atoms with Crippen molar-refractivity contribution < 1.29 is 0 Å². The maximum atomic E-state index is 5.43. The fraction of sp³-hybridized carbons (Fsp3) is 0.231. The first kappa shape index (κ1) is 13.8. The molecular weight excluding hydrogens is 306 g/mol. The Balaban J connectivity index is 2.28. The lowest BCUT2D eigenvalue weighted by Crippen LogP contribution is -2.12. The van der Waals surface area contributed by atoms with Crippen molar-refractivity contribution in [1.82, 2.24) is 9.97 Å². The van der Waals surface area contributed by atoms with Crippen molar-refractivity contribution in [2.45, 2.75) is 19.8 Å². The average molecular weight is 322 g/mol. The van der Waals surface area contributed by atoms with Gasteiger partial charge in [-0.1, -0.05) is 29.8 Å². The van der Waals surface area contributed by atoms with E-state index < -0.39 is 0 Å². The van der Waals surface area contributed by atoms with Crippen LogP contribution in [0.15, 0.2) is 34.8 Å². The number of hydrazine groups is 1. The maximum Gasteiger partial charge on any atom is 0.145 e. The van der Waals surface area contributed by atoms with Gasteiger partial charge in [0.15, 0.2) is 0 Å². The van der Waals surface area contributed by atoms with Crippen LogP contribution >= 0.6 is 15.9 Å². The summed E-state index contributed by atoms with van der Waals surface area (Å²) in [7, 11) is 0. The molecule has 0 saturated heterocycles. The van der Waals surface area contributed by atoms with Crippen molar-refractivity contribution >= 4 is 33.3 Å². The molecule has 0 spiro atoms. The number of halogens is 1. The fourth-order valence-corrected chi connectivity index (χ4v) is 1.81. The van der Waals surface area contributed by atoms with Crippen LogP contribution < -0.4 is 16.6 Å². The predicted molar refractivity (Wildman–Crippen MR) is 81.4 cm³/mol. The quantitative estimate of drug-likeness (QED) is 0.594. The van der Waals surface area contributed by atoms with E-state index >= 15 is 0 Å². The summed E-state index contributed by atoms with van der Waals surface area (Å²) < 4.78 is 1.04. The Kier molecular flexibility index (Phi) is 4.34. The fourth-order valence-electron chi connectivity index (χ4n) is 1.54. The van der Waals surface area contributed by atoms with Gasteiger partial charge in [0, 0.05) is 22.1 Å². The molecule has 0 unspecified atom stereocenters. The van der Waals surface area contributed by atoms with Gasteiger partial charge in [0.1, 0.15) is 17.5 Å². The van der Waals surface area contributed by atoms with E-state index in [1.807, 2.05) is 38.1 Å². The van der Waals surface area contributed by atoms with Crippen LogP contribution in [-0.4, -0.2) is 9.97 Å². The minimum Gasteiger partial charge on any atom is -0.340 e. The van der Waals surface area contributed by atoms with Crippen LogP contribution in [0.1, 0.15) is 25.6 Å². The van der Waals surface area contributed by atoms with E-state index in [4.69, 9.17) is 5.84 Å². The molecule has 1 aromatic carbocycles. The number of nitrogen functional groups attached to an aromatic ring is 1. The van der Waals surface area contributed by atoms with Gasteiger partial charge in [-0.05, 0) is 24.3 Å². The van der Waals surface area contributed by atoms with Crippen LogP contribution in [-0.2, 0) is 0 Å². The van der Waals surface area contributed by atoms with Crippen LogP contribution in [0.3, 0.4) is 0 Å². The largest absolute Gasteiger partial charge is 0.340 e. The zero-order valence-corrected chi connectivity index (χ0v) is 12.4. The monoisotopic (exact) mass is 321 g/mol. The van der Waals surface area contributed by atoms with E-state index in [-0.39, 0.29) is 5.92 Å². The van der Waals surface area contributed by atoms with E-state index in [1.54, 1.807) is 6.07 Å². The SMILES string of the molecule is CC(C)c1nc(NN)cc(Nc2ccc(Br)cc2)n1. The van der Waals surface area contributed by atoms with Crippen molar-refractivity contribution in [3.05, 3.63) is 40.6 Å². The zero-order valence-electron chi connectivity index (χ0n) is 10.8. The van der Waals surface area contributed by atoms with Gasteiger partial charge in [-0.3, -0.25) is 0 Å². The lowest BCUT2D eigenvalue weighted by atomic mass is 10.2. The van der Waals surface area contributed by atoms with E-state index in [0.717, 1.165) is 16.0 Å². The topological polar surface area (TPSA) is 75.9 Å². The van der Waals surface area contributed by atoms with Gasteiger partial charge in [-0.25, -0.2) is 15.8 Å². The van der Waals surface area contributed by atoms with Gasteiger partial charge in [-0.2, -0.15) is 0 Å². The van der Waals surface area contributed by atoms with Crippen molar-refractivity contribution in [3.8, 4) is 0 Å². The van der Waals surface area contributed by atoms with E-state index in [9.17, 15) is 0 Å². The molecule has 0 amide bonds. The molecule has 0 fully saturated rings. The molecule has 0 bridgehead atoms. The molecule has 19 heavy (non-hydrogen) atoms. The zero-order chi connectivity index (χ0) is 13.8. The molecule has 0 aliphatic rings. The minimum absolute atomic E-state index is 0.235. The van der Waals surface area contributed by atoms with Gasteiger partial charge < -0.3 is 10.7 Å². The molecule has 1 heterocycles. The summed E-state index contributed by atoms with van der Waals surface area (Å²) in [5.74, 6) is 7.72. The number of nitrogens with one attached hydrogen (secondary N) is 2. The normalized spacial score (nSPS) is 10.6. The first-order valence-corrected chi connectivity index (χ1v) is 6.76. The molecule has 100 valence electrons. The highest BCUT2D eigenvalue weighted by atomic mass is 79.9. The molecule has 1 aromatic heterocycles. The summed E-state index contributed by atoms with van der Waals surface area (Å²) in [4.78, 5) is 8.78. The Morgan fingerprint density at radius 1 is 1.11 bits per heavy atom. The summed E-state index contributed by atoms with van der Waals surface area (Å²) in [6, 6.07) is 9.64. The highest BCUT2D eigenvalue weighted by molar-refractivity contribution is 9.10. The first-order chi connectivity index (χ1) is 9.08. The van der Waals surface area contributed by atoms with Crippen molar-refractivity contribution in [2.75, 3.05) is 10.7 Å². The molecule has 6 heteroatoms. The Bertz CT molecular complexity index is 553. The van der Waals surface area contributed by atoms with Gasteiger partial charge in [0.25, 0.3) is 0 Å². The number of anilines is 3. The maximum absolute atomic E-state index is 5.43. The Hall–Kier alpha value is -1.66. The van der Waals surface area contributed by atoms with Crippen LogP contribution in [0.5, 0.6) is 0 Å². The van der Waals surface area contributed by atoms with E-state index in [0.29, 0.717) is 11.6 Å². The third kappa shape index (κ3) is 3.65. The highest BCUT2D eigenvalue weighted by Gasteiger charge is 2.07. The van der Waals surface area contributed by atoms with Crippen LogP contribution in [0, 0.1) is 0 Å². The van der Waals surface area contributed by atoms with Gasteiger partial charge in [-0.15, -0.1) is 0 Å². The average Bonchev–Trinajstić information content (AvgIpc) is 2.41.